The number of sulfonamides is 1. The maximum atomic E-state index is 12.0. The average molecular weight is 354 g/mol. The van der Waals surface area contributed by atoms with Crippen LogP contribution in [0.5, 0.6) is 0 Å². The minimum atomic E-state index is -3.53. The highest BCUT2D eigenvalue weighted by Gasteiger charge is 2.31. The van der Waals surface area contributed by atoms with Crippen LogP contribution in [0.3, 0.4) is 0 Å². The maximum Gasteiger partial charge on any atom is 0.235 e. The molecule has 128 valence electrons. The second kappa shape index (κ2) is 6.81. The normalized spacial score (nSPS) is 28.1. The number of hydrogen-bond donors (Lipinski definition) is 1. The van der Waals surface area contributed by atoms with E-state index in [0.717, 1.165) is 23.4 Å². The molecule has 0 bridgehead atoms. The number of nitrogens with one attached hydrogen (secondary N) is 1. The van der Waals surface area contributed by atoms with Gasteiger partial charge in [-0.15, -0.1) is 0 Å². The molecule has 2 heterocycles. The Morgan fingerprint density at radius 1 is 1.36 bits per heavy atom. The topological polar surface area (TPSA) is 110 Å². The Bertz CT molecular complexity index is 610. The number of nitrogens with zero attached hydrogens (tertiary/aromatic N) is 1. The van der Waals surface area contributed by atoms with Crippen LogP contribution in [0.2, 0.25) is 0 Å². The largest absolute Gasteiger partial charge is 0.377 e. The van der Waals surface area contributed by atoms with Gasteiger partial charge in [-0.25, -0.2) is 16.8 Å². The van der Waals surface area contributed by atoms with Crippen LogP contribution < -0.4 is 5.32 Å². The number of hydrogen-bond acceptors (Lipinski definition) is 6. The highest BCUT2D eigenvalue weighted by molar-refractivity contribution is 7.91. The van der Waals surface area contributed by atoms with Gasteiger partial charge in [0.1, 0.15) is 0 Å². The molecule has 2 saturated heterocycles. The number of carbonyl (C=O) groups is 1. The molecule has 0 aromatic carbocycles. The summed E-state index contributed by atoms with van der Waals surface area (Å²) in [7, 11) is -6.61. The van der Waals surface area contributed by atoms with Crippen molar-refractivity contribution in [3.8, 4) is 0 Å². The molecule has 22 heavy (non-hydrogen) atoms. The van der Waals surface area contributed by atoms with E-state index in [1.54, 1.807) is 0 Å². The van der Waals surface area contributed by atoms with E-state index >= 15 is 0 Å². The average Bonchev–Trinajstić information content (AvgIpc) is 2.97. The highest BCUT2D eigenvalue weighted by atomic mass is 32.2. The van der Waals surface area contributed by atoms with Crippen LogP contribution in [0.4, 0.5) is 0 Å². The SMILES string of the molecule is CS(=O)(=O)N(CC(=O)NC1CCS(=O)(=O)C1)CC1CCCO1. The molecule has 2 aliphatic heterocycles. The number of sulfone groups is 1. The Morgan fingerprint density at radius 2 is 2.09 bits per heavy atom. The van der Waals surface area contributed by atoms with Crippen LogP contribution in [-0.4, -0.2) is 76.7 Å². The standard InChI is InChI=1S/C12H22N2O6S2/c1-21(16,17)14(7-11-3-2-5-20-11)8-12(15)13-10-4-6-22(18,19)9-10/h10-11H,2-9H2,1H3,(H,13,15). The molecule has 0 spiro atoms. The molecule has 10 heteroatoms. The third-order valence-corrected chi connectivity index (χ3v) is 6.80. The minimum absolute atomic E-state index is 0.0592. The quantitative estimate of drug-likeness (QED) is 0.637. The molecule has 0 aliphatic carbocycles. The summed E-state index contributed by atoms with van der Waals surface area (Å²) in [6.07, 6.45) is 2.89. The van der Waals surface area contributed by atoms with Gasteiger partial charge in [-0.2, -0.15) is 4.31 Å². The monoisotopic (exact) mass is 354 g/mol. The molecule has 2 aliphatic rings. The van der Waals surface area contributed by atoms with E-state index in [0.29, 0.717) is 13.0 Å². The van der Waals surface area contributed by atoms with Gasteiger partial charge in [0.25, 0.3) is 0 Å². The molecular formula is C12H22N2O6S2. The number of amides is 1. The summed E-state index contributed by atoms with van der Waals surface area (Å²) in [6.45, 7) is 0.443. The van der Waals surface area contributed by atoms with E-state index in [-0.39, 0.29) is 30.7 Å². The van der Waals surface area contributed by atoms with E-state index in [1.165, 1.54) is 0 Å². The van der Waals surface area contributed by atoms with Crippen LogP contribution in [0.15, 0.2) is 0 Å². The fourth-order valence-electron chi connectivity index (χ4n) is 2.67. The Morgan fingerprint density at radius 3 is 2.59 bits per heavy atom. The first-order valence-electron chi connectivity index (χ1n) is 7.22. The molecule has 2 fully saturated rings. The third-order valence-electron chi connectivity index (χ3n) is 3.82. The molecule has 1 N–H and O–H groups in total. The van der Waals surface area contributed by atoms with Crippen molar-refractivity contribution in [2.75, 3.05) is 37.5 Å². The molecule has 2 unspecified atom stereocenters. The van der Waals surface area contributed by atoms with Gasteiger partial charge in [-0.3, -0.25) is 4.79 Å². The van der Waals surface area contributed by atoms with Crippen molar-refractivity contribution in [3.63, 3.8) is 0 Å². The number of rotatable bonds is 6. The van der Waals surface area contributed by atoms with Crippen molar-refractivity contribution >= 4 is 25.8 Å². The molecule has 0 aromatic rings. The van der Waals surface area contributed by atoms with Gasteiger partial charge < -0.3 is 10.1 Å². The maximum absolute atomic E-state index is 12.0. The van der Waals surface area contributed by atoms with Gasteiger partial charge in [0.15, 0.2) is 9.84 Å². The van der Waals surface area contributed by atoms with E-state index in [4.69, 9.17) is 4.74 Å². The Labute approximate surface area is 131 Å². The Hall–Kier alpha value is -0.710. The van der Waals surface area contributed by atoms with E-state index in [2.05, 4.69) is 5.32 Å². The lowest BCUT2D eigenvalue weighted by atomic mass is 10.2. The molecule has 2 atom stereocenters. The zero-order valence-electron chi connectivity index (χ0n) is 12.5. The first kappa shape index (κ1) is 17.6. The van der Waals surface area contributed by atoms with Crippen LogP contribution in [-0.2, 0) is 29.4 Å². The van der Waals surface area contributed by atoms with Gasteiger partial charge in [-0.05, 0) is 19.3 Å². The lowest BCUT2D eigenvalue weighted by Crippen LogP contribution is -2.46. The fraction of sp³-hybridized carbons (Fsp3) is 0.917. The smallest absolute Gasteiger partial charge is 0.235 e. The molecule has 2 rings (SSSR count). The van der Waals surface area contributed by atoms with Crippen molar-refractivity contribution in [1.29, 1.82) is 0 Å². The van der Waals surface area contributed by atoms with Crippen molar-refractivity contribution in [2.45, 2.75) is 31.4 Å². The minimum Gasteiger partial charge on any atom is -0.377 e. The van der Waals surface area contributed by atoms with Crippen molar-refractivity contribution in [3.05, 3.63) is 0 Å². The molecule has 8 nitrogen and oxygen atoms in total. The van der Waals surface area contributed by atoms with Crippen LogP contribution in [0.1, 0.15) is 19.3 Å². The zero-order valence-corrected chi connectivity index (χ0v) is 14.2. The second-order valence-corrected chi connectivity index (χ2v) is 10.1. The summed E-state index contributed by atoms with van der Waals surface area (Å²) in [5.74, 6) is -0.502. The number of carbonyl (C=O) groups excluding carboxylic acids is 1. The fourth-order valence-corrected chi connectivity index (χ4v) is 5.14. The van der Waals surface area contributed by atoms with Gasteiger partial charge in [-0.1, -0.05) is 0 Å². The van der Waals surface area contributed by atoms with Gasteiger partial charge in [0.2, 0.25) is 15.9 Å². The predicted octanol–water partition coefficient (Wildman–Crippen LogP) is -1.27. The highest BCUT2D eigenvalue weighted by Crippen LogP contribution is 2.15. The van der Waals surface area contributed by atoms with Crippen molar-refractivity contribution in [1.82, 2.24) is 9.62 Å². The zero-order chi connectivity index (χ0) is 16.4. The molecular weight excluding hydrogens is 332 g/mol. The third kappa shape index (κ3) is 5.18. The van der Waals surface area contributed by atoms with E-state index in [9.17, 15) is 21.6 Å². The summed E-state index contributed by atoms with van der Waals surface area (Å²) >= 11 is 0. The predicted molar refractivity (Wildman–Crippen MR) is 80.6 cm³/mol. The molecule has 0 aromatic heterocycles. The first-order valence-corrected chi connectivity index (χ1v) is 10.9. The summed E-state index contributed by atoms with van der Waals surface area (Å²) in [6, 6.07) is -0.429. The summed E-state index contributed by atoms with van der Waals surface area (Å²) in [5.41, 5.74) is 0. The summed E-state index contributed by atoms with van der Waals surface area (Å²) in [5, 5.41) is 2.60. The second-order valence-electron chi connectivity index (χ2n) is 5.86. The Balaban J connectivity index is 1.90. The van der Waals surface area contributed by atoms with Crippen LogP contribution >= 0.6 is 0 Å². The first-order chi connectivity index (χ1) is 10.2. The lowest BCUT2D eigenvalue weighted by Gasteiger charge is -2.23. The van der Waals surface area contributed by atoms with Gasteiger partial charge >= 0.3 is 0 Å². The van der Waals surface area contributed by atoms with Crippen molar-refractivity contribution < 1.29 is 26.4 Å². The van der Waals surface area contributed by atoms with Crippen LogP contribution in [0, 0.1) is 0 Å². The van der Waals surface area contributed by atoms with E-state index in [1.807, 2.05) is 0 Å². The summed E-state index contributed by atoms with van der Waals surface area (Å²) in [4.78, 5) is 12.0. The number of ether oxygens (including phenoxy) is 1. The lowest BCUT2D eigenvalue weighted by molar-refractivity contribution is -0.122. The van der Waals surface area contributed by atoms with E-state index < -0.39 is 31.8 Å². The molecule has 1 amide bonds. The van der Waals surface area contributed by atoms with Crippen molar-refractivity contribution in [2.24, 2.45) is 0 Å². The van der Waals surface area contributed by atoms with Gasteiger partial charge in [0, 0.05) is 19.2 Å². The van der Waals surface area contributed by atoms with Gasteiger partial charge in [0.05, 0.1) is 30.4 Å². The molecule has 0 saturated carbocycles. The Kier molecular flexibility index (Phi) is 5.46. The summed E-state index contributed by atoms with van der Waals surface area (Å²) < 4.78 is 52.8. The van der Waals surface area contributed by atoms with Crippen LogP contribution in [0.25, 0.3) is 0 Å². The molecule has 0 radical (unpaired) electrons.